The number of para-hydroxylation sites is 1. The van der Waals surface area contributed by atoms with Gasteiger partial charge in [0.05, 0.1) is 29.7 Å². The number of hydrogen-bond acceptors (Lipinski definition) is 5. The quantitative estimate of drug-likeness (QED) is 0.755. The number of anilines is 2. The Kier molecular flexibility index (Phi) is 6.03. The van der Waals surface area contributed by atoms with Crippen LogP contribution in [-0.2, 0) is 24.3 Å². The predicted octanol–water partition coefficient (Wildman–Crippen LogP) is 1.84. The first kappa shape index (κ1) is 21.4. The van der Waals surface area contributed by atoms with E-state index in [0.29, 0.717) is 18.9 Å². The third-order valence-electron chi connectivity index (χ3n) is 5.35. The molecule has 2 saturated heterocycles. The Morgan fingerprint density at radius 1 is 1.10 bits per heavy atom. The van der Waals surface area contributed by atoms with Crippen LogP contribution in [0.2, 0.25) is 0 Å². The highest BCUT2D eigenvalue weighted by Gasteiger charge is 2.36. The fraction of sp³-hybridized carbons (Fsp3) is 0.333. The van der Waals surface area contributed by atoms with E-state index in [4.69, 9.17) is 4.74 Å². The Bertz CT molecular complexity index is 1100. The van der Waals surface area contributed by atoms with E-state index in [1.807, 2.05) is 0 Å². The summed E-state index contributed by atoms with van der Waals surface area (Å²) in [6, 6.07) is 11.9. The Balaban J connectivity index is 1.46. The SMILES string of the molecule is O=C(Nc1cccc(S(=O)(=O)N2CCOCC2)c1)[C@@H]1CC(=O)N(c2ccccc2F)C1. The van der Waals surface area contributed by atoms with Gasteiger partial charge in [0.2, 0.25) is 21.8 Å². The zero-order chi connectivity index (χ0) is 22.0. The second-order valence-electron chi connectivity index (χ2n) is 7.39. The van der Waals surface area contributed by atoms with Gasteiger partial charge in [-0.3, -0.25) is 9.59 Å². The van der Waals surface area contributed by atoms with Crippen molar-refractivity contribution in [2.24, 2.45) is 5.92 Å². The summed E-state index contributed by atoms with van der Waals surface area (Å²) in [6.07, 6.45) is -0.0497. The molecule has 2 heterocycles. The van der Waals surface area contributed by atoms with E-state index in [9.17, 15) is 22.4 Å². The molecule has 0 bridgehead atoms. The Morgan fingerprint density at radius 2 is 1.84 bits per heavy atom. The highest BCUT2D eigenvalue weighted by molar-refractivity contribution is 7.89. The number of hydrogen-bond donors (Lipinski definition) is 1. The van der Waals surface area contributed by atoms with Crippen molar-refractivity contribution in [3.05, 3.63) is 54.3 Å². The molecule has 0 unspecified atom stereocenters. The molecule has 1 N–H and O–H groups in total. The summed E-state index contributed by atoms with van der Waals surface area (Å²) in [4.78, 5) is 26.4. The van der Waals surface area contributed by atoms with E-state index in [-0.39, 0.29) is 42.5 Å². The Morgan fingerprint density at radius 3 is 2.58 bits per heavy atom. The number of halogens is 1. The van der Waals surface area contributed by atoms with Crippen LogP contribution in [0.4, 0.5) is 15.8 Å². The van der Waals surface area contributed by atoms with Gasteiger partial charge < -0.3 is 15.0 Å². The minimum atomic E-state index is -3.70. The Labute approximate surface area is 179 Å². The van der Waals surface area contributed by atoms with Crippen molar-refractivity contribution in [1.82, 2.24) is 4.31 Å². The first-order chi connectivity index (χ1) is 14.9. The molecule has 0 aliphatic carbocycles. The lowest BCUT2D eigenvalue weighted by atomic mass is 10.1. The van der Waals surface area contributed by atoms with E-state index in [2.05, 4.69) is 5.32 Å². The first-order valence-electron chi connectivity index (χ1n) is 9.90. The molecule has 0 aromatic heterocycles. The van der Waals surface area contributed by atoms with Crippen molar-refractivity contribution < 1.29 is 27.1 Å². The minimum absolute atomic E-state index is 0.0497. The van der Waals surface area contributed by atoms with Crippen LogP contribution >= 0.6 is 0 Å². The summed E-state index contributed by atoms with van der Waals surface area (Å²) in [5.41, 5.74) is 0.456. The molecule has 8 nitrogen and oxygen atoms in total. The fourth-order valence-corrected chi connectivity index (χ4v) is 5.16. The lowest BCUT2D eigenvalue weighted by molar-refractivity contribution is -0.122. The number of carbonyl (C=O) groups is 2. The maximum atomic E-state index is 14.0. The summed E-state index contributed by atoms with van der Waals surface area (Å²) in [5, 5.41) is 2.69. The van der Waals surface area contributed by atoms with Gasteiger partial charge in [-0.1, -0.05) is 18.2 Å². The van der Waals surface area contributed by atoms with Crippen molar-refractivity contribution in [1.29, 1.82) is 0 Å². The van der Waals surface area contributed by atoms with Gasteiger partial charge in [-0.2, -0.15) is 4.31 Å². The van der Waals surface area contributed by atoms with Crippen LogP contribution in [0.25, 0.3) is 0 Å². The molecule has 2 aromatic carbocycles. The van der Waals surface area contributed by atoms with Crippen molar-refractivity contribution >= 4 is 33.2 Å². The molecule has 164 valence electrons. The molecule has 2 aliphatic heterocycles. The highest BCUT2D eigenvalue weighted by atomic mass is 32.2. The second-order valence-corrected chi connectivity index (χ2v) is 9.33. The number of benzene rings is 2. The van der Waals surface area contributed by atoms with E-state index in [1.54, 1.807) is 18.2 Å². The maximum absolute atomic E-state index is 14.0. The molecule has 0 spiro atoms. The number of rotatable bonds is 5. The topological polar surface area (TPSA) is 96.0 Å². The second kappa shape index (κ2) is 8.74. The molecule has 2 aromatic rings. The molecule has 0 saturated carbocycles. The summed E-state index contributed by atoms with van der Waals surface area (Å²) in [6.45, 7) is 1.27. The molecular formula is C21H22FN3O5S. The molecule has 4 rings (SSSR count). The first-order valence-corrected chi connectivity index (χ1v) is 11.3. The van der Waals surface area contributed by atoms with Crippen LogP contribution in [0.3, 0.4) is 0 Å². The predicted molar refractivity (Wildman–Crippen MR) is 112 cm³/mol. The largest absolute Gasteiger partial charge is 0.379 e. The third-order valence-corrected chi connectivity index (χ3v) is 7.24. The van der Waals surface area contributed by atoms with Crippen LogP contribution in [0.5, 0.6) is 0 Å². The summed E-state index contributed by atoms with van der Waals surface area (Å²) in [5.74, 6) is -1.97. The molecule has 2 fully saturated rings. The molecule has 31 heavy (non-hydrogen) atoms. The van der Waals surface area contributed by atoms with Crippen LogP contribution in [-0.4, -0.2) is 57.4 Å². The fourth-order valence-electron chi connectivity index (χ4n) is 3.70. The van der Waals surface area contributed by atoms with Gasteiger partial charge in [0, 0.05) is 31.7 Å². The van der Waals surface area contributed by atoms with Crippen molar-refractivity contribution in [3.8, 4) is 0 Å². The van der Waals surface area contributed by atoms with Crippen molar-refractivity contribution in [2.45, 2.75) is 11.3 Å². The maximum Gasteiger partial charge on any atom is 0.243 e. The zero-order valence-corrected chi connectivity index (χ0v) is 17.5. The number of nitrogens with zero attached hydrogens (tertiary/aromatic N) is 2. The number of morpholine rings is 1. The van der Waals surface area contributed by atoms with Gasteiger partial charge in [-0.25, -0.2) is 12.8 Å². The van der Waals surface area contributed by atoms with Crippen LogP contribution < -0.4 is 10.2 Å². The standard InChI is InChI=1S/C21H22FN3O5S/c22-18-6-1-2-7-19(18)25-14-15(12-20(25)26)21(27)23-16-4-3-5-17(13-16)31(28,29)24-8-10-30-11-9-24/h1-7,13,15H,8-12,14H2,(H,23,27)/t15-/m1/s1. The molecule has 2 aliphatic rings. The summed E-state index contributed by atoms with van der Waals surface area (Å²) < 4.78 is 46.2. The normalized spacial score (nSPS) is 20.1. The molecule has 1 atom stereocenters. The van der Waals surface area contributed by atoms with Gasteiger partial charge in [-0.05, 0) is 30.3 Å². The lowest BCUT2D eigenvalue weighted by Gasteiger charge is -2.26. The monoisotopic (exact) mass is 447 g/mol. The van der Waals surface area contributed by atoms with E-state index < -0.39 is 27.7 Å². The third kappa shape index (κ3) is 4.46. The molecule has 2 amide bonds. The molecular weight excluding hydrogens is 425 g/mol. The van der Waals surface area contributed by atoms with Crippen LogP contribution in [0, 0.1) is 11.7 Å². The van der Waals surface area contributed by atoms with E-state index in [1.165, 1.54) is 39.5 Å². The lowest BCUT2D eigenvalue weighted by Crippen LogP contribution is -2.40. The smallest absolute Gasteiger partial charge is 0.243 e. The van der Waals surface area contributed by atoms with Crippen LogP contribution in [0.1, 0.15) is 6.42 Å². The summed E-state index contributed by atoms with van der Waals surface area (Å²) >= 11 is 0. The van der Waals surface area contributed by atoms with Crippen molar-refractivity contribution in [2.75, 3.05) is 43.1 Å². The van der Waals surface area contributed by atoms with E-state index in [0.717, 1.165) is 0 Å². The van der Waals surface area contributed by atoms with Gasteiger partial charge in [0.15, 0.2) is 0 Å². The number of ether oxygens (including phenoxy) is 1. The van der Waals surface area contributed by atoms with Gasteiger partial charge in [-0.15, -0.1) is 0 Å². The average Bonchev–Trinajstić information content (AvgIpc) is 3.16. The molecule has 0 radical (unpaired) electrons. The Hall–Kier alpha value is -2.82. The van der Waals surface area contributed by atoms with Gasteiger partial charge >= 0.3 is 0 Å². The number of carbonyl (C=O) groups excluding carboxylic acids is 2. The number of sulfonamides is 1. The molecule has 10 heteroatoms. The average molecular weight is 447 g/mol. The van der Waals surface area contributed by atoms with Crippen LogP contribution in [0.15, 0.2) is 53.4 Å². The number of nitrogens with one attached hydrogen (secondary N) is 1. The minimum Gasteiger partial charge on any atom is -0.379 e. The zero-order valence-electron chi connectivity index (χ0n) is 16.7. The highest BCUT2D eigenvalue weighted by Crippen LogP contribution is 2.28. The van der Waals surface area contributed by atoms with Crippen molar-refractivity contribution in [3.63, 3.8) is 0 Å². The number of amides is 2. The van der Waals surface area contributed by atoms with Gasteiger partial charge in [0.1, 0.15) is 5.82 Å². The van der Waals surface area contributed by atoms with E-state index >= 15 is 0 Å². The summed E-state index contributed by atoms with van der Waals surface area (Å²) in [7, 11) is -3.70. The van der Waals surface area contributed by atoms with Gasteiger partial charge in [0.25, 0.3) is 0 Å².